The summed E-state index contributed by atoms with van der Waals surface area (Å²) in [5, 5.41) is 3.27. The van der Waals surface area contributed by atoms with Gasteiger partial charge in [0, 0.05) is 11.8 Å². The summed E-state index contributed by atoms with van der Waals surface area (Å²) in [6.07, 6.45) is 0. The SMILES string of the molecule is C[C@@H](N=[N+]=[N-])c1cccc(C(C)(F)F)c1F. The quantitative estimate of drug-likeness (QED) is 0.421. The molecule has 0 N–H and O–H groups in total. The first kappa shape index (κ1) is 12.4. The maximum Gasteiger partial charge on any atom is 0.273 e. The van der Waals surface area contributed by atoms with Crippen LogP contribution in [0.4, 0.5) is 13.2 Å². The predicted molar refractivity (Wildman–Crippen MR) is 53.5 cm³/mol. The fourth-order valence-corrected chi connectivity index (χ4v) is 1.35. The Balaban J connectivity index is 3.29. The zero-order valence-electron chi connectivity index (χ0n) is 8.78. The Hall–Kier alpha value is -1.68. The first-order valence-electron chi connectivity index (χ1n) is 4.59. The molecule has 0 saturated heterocycles. The van der Waals surface area contributed by atoms with E-state index in [0.717, 1.165) is 6.07 Å². The monoisotopic (exact) mass is 229 g/mol. The molecule has 86 valence electrons. The number of halogens is 3. The third kappa shape index (κ3) is 2.46. The van der Waals surface area contributed by atoms with Crippen molar-refractivity contribution in [1.82, 2.24) is 0 Å². The summed E-state index contributed by atoms with van der Waals surface area (Å²) in [4.78, 5) is 2.52. The second-order valence-corrected chi connectivity index (χ2v) is 3.48. The highest BCUT2D eigenvalue weighted by Crippen LogP contribution is 2.32. The van der Waals surface area contributed by atoms with E-state index in [0.29, 0.717) is 6.92 Å². The molecule has 1 aromatic carbocycles. The Bertz CT molecular complexity index is 433. The van der Waals surface area contributed by atoms with Crippen molar-refractivity contribution in [2.45, 2.75) is 25.8 Å². The van der Waals surface area contributed by atoms with Gasteiger partial charge >= 0.3 is 0 Å². The van der Waals surface area contributed by atoms with Gasteiger partial charge in [0.1, 0.15) is 5.82 Å². The van der Waals surface area contributed by atoms with Crippen LogP contribution in [0.25, 0.3) is 10.4 Å². The molecule has 1 atom stereocenters. The molecular formula is C10H10F3N3. The van der Waals surface area contributed by atoms with Gasteiger partial charge in [-0.1, -0.05) is 30.2 Å². The zero-order chi connectivity index (χ0) is 12.3. The third-order valence-corrected chi connectivity index (χ3v) is 2.18. The number of azide groups is 1. The molecule has 16 heavy (non-hydrogen) atoms. The van der Waals surface area contributed by atoms with Crippen LogP contribution < -0.4 is 0 Å². The van der Waals surface area contributed by atoms with E-state index in [2.05, 4.69) is 10.0 Å². The normalized spacial score (nSPS) is 13.1. The van der Waals surface area contributed by atoms with Crippen molar-refractivity contribution < 1.29 is 13.2 Å². The Labute approximate surface area is 90.5 Å². The zero-order valence-corrected chi connectivity index (χ0v) is 8.78. The van der Waals surface area contributed by atoms with Gasteiger partial charge in [-0.05, 0) is 11.1 Å². The van der Waals surface area contributed by atoms with Crippen LogP contribution in [0, 0.1) is 5.82 Å². The van der Waals surface area contributed by atoms with Crippen LogP contribution >= 0.6 is 0 Å². The highest BCUT2D eigenvalue weighted by molar-refractivity contribution is 5.30. The van der Waals surface area contributed by atoms with E-state index in [4.69, 9.17) is 5.53 Å². The number of benzene rings is 1. The smallest absolute Gasteiger partial charge is 0.206 e. The highest BCUT2D eigenvalue weighted by Gasteiger charge is 2.29. The lowest BCUT2D eigenvalue weighted by Gasteiger charge is -2.15. The van der Waals surface area contributed by atoms with Gasteiger partial charge < -0.3 is 0 Å². The Morgan fingerprint density at radius 2 is 2.06 bits per heavy atom. The Kier molecular flexibility index (Phi) is 3.44. The molecule has 1 aromatic rings. The summed E-state index contributed by atoms with van der Waals surface area (Å²) < 4.78 is 39.7. The molecule has 3 nitrogen and oxygen atoms in total. The lowest BCUT2D eigenvalue weighted by molar-refractivity contribution is 0.0135. The molecule has 0 spiro atoms. The van der Waals surface area contributed by atoms with Crippen molar-refractivity contribution in [1.29, 1.82) is 0 Å². The van der Waals surface area contributed by atoms with Crippen LogP contribution in [0.2, 0.25) is 0 Å². The van der Waals surface area contributed by atoms with Gasteiger partial charge in [-0.3, -0.25) is 0 Å². The third-order valence-electron chi connectivity index (χ3n) is 2.18. The van der Waals surface area contributed by atoms with E-state index in [-0.39, 0.29) is 5.56 Å². The molecule has 0 fully saturated rings. The summed E-state index contributed by atoms with van der Waals surface area (Å²) >= 11 is 0. The molecule has 0 bridgehead atoms. The van der Waals surface area contributed by atoms with E-state index in [9.17, 15) is 13.2 Å². The van der Waals surface area contributed by atoms with Gasteiger partial charge in [-0.25, -0.2) is 13.2 Å². The van der Waals surface area contributed by atoms with Crippen LogP contribution in [0.1, 0.15) is 31.0 Å². The largest absolute Gasteiger partial charge is 0.273 e. The van der Waals surface area contributed by atoms with E-state index >= 15 is 0 Å². The van der Waals surface area contributed by atoms with Crippen molar-refractivity contribution in [2.75, 3.05) is 0 Å². The van der Waals surface area contributed by atoms with E-state index < -0.39 is 23.3 Å². The van der Waals surface area contributed by atoms with E-state index in [1.54, 1.807) is 0 Å². The van der Waals surface area contributed by atoms with Gasteiger partial charge in [0.15, 0.2) is 0 Å². The lowest BCUT2D eigenvalue weighted by atomic mass is 10.0. The number of hydrogen-bond donors (Lipinski definition) is 0. The van der Waals surface area contributed by atoms with Gasteiger partial charge in [0.25, 0.3) is 5.92 Å². The van der Waals surface area contributed by atoms with Crippen molar-refractivity contribution >= 4 is 0 Å². The predicted octanol–water partition coefficient (Wildman–Crippen LogP) is 4.31. The average molecular weight is 229 g/mol. The second-order valence-electron chi connectivity index (χ2n) is 3.48. The number of hydrogen-bond acceptors (Lipinski definition) is 1. The maximum absolute atomic E-state index is 13.7. The second kappa shape index (κ2) is 4.45. The van der Waals surface area contributed by atoms with E-state index in [1.807, 2.05) is 0 Å². The summed E-state index contributed by atoms with van der Waals surface area (Å²) in [6, 6.07) is 2.84. The Morgan fingerprint density at radius 1 is 1.44 bits per heavy atom. The molecule has 0 aliphatic rings. The van der Waals surface area contributed by atoms with Crippen LogP contribution in [-0.4, -0.2) is 0 Å². The minimum absolute atomic E-state index is 0.0307. The lowest BCUT2D eigenvalue weighted by Crippen LogP contribution is -2.11. The van der Waals surface area contributed by atoms with Crippen LogP contribution in [-0.2, 0) is 5.92 Å². The van der Waals surface area contributed by atoms with Gasteiger partial charge in [0.2, 0.25) is 0 Å². The van der Waals surface area contributed by atoms with Crippen molar-refractivity contribution in [2.24, 2.45) is 5.11 Å². The molecule has 0 aromatic heterocycles. The van der Waals surface area contributed by atoms with Crippen molar-refractivity contribution in [3.05, 3.63) is 45.6 Å². The molecule has 0 unspecified atom stereocenters. The molecule has 0 radical (unpaired) electrons. The number of alkyl halides is 2. The first-order chi connectivity index (χ1) is 7.38. The maximum atomic E-state index is 13.7. The Morgan fingerprint density at radius 3 is 2.56 bits per heavy atom. The minimum atomic E-state index is -3.25. The van der Waals surface area contributed by atoms with Crippen LogP contribution in [0.3, 0.4) is 0 Å². The van der Waals surface area contributed by atoms with Crippen LogP contribution in [0.5, 0.6) is 0 Å². The summed E-state index contributed by atoms with van der Waals surface area (Å²) in [7, 11) is 0. The van der Waals surface area contributed by atoms with Crippen LogP contribution in [0.15, 0.2) is 23.3 Å². The first-order valence-corrected chi connectivity index (χ1v) is 4.59. The molecular weight excluding hydrogens is 219 g/mol. The number of rotatable bonds is 3. The van der Waals surface area contributed by atoms with Gasteiger partial charge in [-0.2, -0.15) is 0 Å². The molecule has 0 saturated carbocycles. The molecule has 0 amide bonds. The molecule has 0 heterocycles. The van der Waals surface area contributed by atoms with E-state index in [1.165, 1.54) is 19.1 Å². The fraction of sp³-hybridized carbons (Fsp3) is 0.400. The molecule has 6 heteroatoms. The highest BCUT2D eigenvalue weighted by atomic mass is 19.3. The summed E-state index contributed by atoms with van der Waals surface area (Å²) in [5.41, 5.74) is 7.49. The van der Waals surface area contributed by atoms with Crippen molar-refractivity contribution in [3.8, 4) is 0 Å². The van der Waals surface area contributed by atoms with Gasteiger partial charge in [0.05, 0.1) is 11.6 Å². The summed E-state index contributed by atoms with van der Waals surface area (Å²) in [6.45, 7) is 2.06. The topological polar surface area (TPSA) is 48.8 Å². The van der Waals surface area contributed by atoms with Crippen molar-refractivity contribution in [3.63, 3.8) is 0 Å². The number of nitrogens with zero attached hydrogens (tertiary/aromatic N) is 3. The molecule has 0 aliphatic heterocycles. The standard InChI is InChI=1S/C10H10F3N3/c1-6(15-16-14)7-4-3-5-8(9(7)11)10(2,12)13/h3-6H,1-2H3/t6-/m1/s1. The van der Waals surface area contributed by atoms with Gasteiger partial charge in [-0.15, -0.1) is 0 Å². The molecule has 1 rings (SSSR count). The minimum Gasteiger partial charge on any atom is -0.206 e. The summed E-state index contributed by atoms with van der Waals surface area (Å²) in [5.74, 6) is -4.27. The fourth-order valence-electron chi connectivity index (χ4n) is 1.35. The average Bonchev–Trinajstić information content (AvgIpc) is 2.16. The molecule has 0 aliphatic carbocycles.